The van der Waals surface area contributed by atoms with Gasteiger partial charge in [-0.15, -0.1) is 0 Å². The third-order valence-electron chi connectivity index (χ3n) is 4.76. The number of carbonyl (C=O) groups excluding carboxylic acids is 2. The van der Waals surface area contributed by atoms with Gasteiger partial charge >= 0.3 is 5.51 Å². The highest BCUT2D eigenvalue weighted by molar-refractivity contribution is 8.00. The van der Waals surface area contributed by atoms with Gasteiger partial charge in [-0.1, -0.05) is 12.1 Å². The molecule has 0 bridgehead atoms. The van der Waals surface area contributed by atoms with E-state index in [0.29, 0.717) is 11.1 Å². The topological polar surface area (TPSA) is 114 Å². The molecule has 2 atom stereocenters. The average molecular weight is 482 g/mol. The van der Waals surface area contributed by atoms with Gasteiger partial charge in [-0.3, -0.25) is 9.59 Å². The third kappa shape index (κ3) is 6.35. The average Bonchev–Trinajstić information content (AvgIpc) is 2.98. The molecule has 0 unspecified atom stereocenters. The number of rotatable bonds is 7. The van der Waals surface area contributed by atoms with Crippen LogP contribution in [0.4, 0.5) is 13.2 Å². The van der Waals surface area contributed by atoms with Gasteiger partial charge in [-0.05, 0) is 55.8 Å². The maximum Gasteiger partial charge on any atom is 0.441 e. The summed E-state index contributed by atoms with van der Waals surface area (Å²) in [5.74, 6) is -2.46. The molecule has 0 aromatic heterocycles. The molecule has 31 heavy (non-hydrogen) atoms. The number of amides is 2. The summed E-state index contributed by atoms with van der Waals surface area (Å²) in [7, 11) is -4.35. The molecular weight excluding hydrogens is 459 g/mol. The van der Waals surface area contributed by atoms with Crippen LogP contribution in [0.15, 0.2) is 22.2 Å². The second-order valence-electron chi connectivity index (χ2n) is 6.97. The highest BCUT2D eigenvalue weighted by atomic mass is 32.2. The molecule has 2 amide bonds. The van der Waals surface area contributed by atoms with Crippen molar-refractivity contribution < 1.29 is 36.0 Å². The standard InChI is InChI=1S/C18H22F3N3O5S2/c1-9-7-13(31(27,28)24-17(26)15-11(3)12(4)29-23-15)8-14(10(9)2)16(25)22-5-6-30-18(19,20)21/h7-8,11-12H,5-6H2,1-4H3,(H,22,25)(H,24,26)/t11-,12-/m0/s1. The molecule has 2 N–H and O–H groups in total. The molecule has 172 valence electrons. The second-order valence-corrected chi connectivity index (χ2v) is 9.82. The maximum atomic E-state index is 12.7. The van der Waals surface area contributed by atoms with E-state index >= 15 is 0 Å². The van der Waals surface area contributed by atoms with Crippen LogP contribution in [0, 0.1) is 19.8 Å². The van der Waals surface area contributed by atoms with Crippen LogP contribution in [-0.2, 0) is 19.7 Å². The van der Waals surface area contributed by atoms with E-state index in [1.54, 1.807) is 27.7 Å². The number of alkyl halides is 3. The number of aryl methyl sites for hydroxylation is 1. The minimum atomic E-state index is -4.41. The van der Waals surface area contributed by atoms with E-state index < -0.39 is 33.3 Å². The van der Waals surface area contributed by atoms with E-state index in [2.05, 4.69) is 10.5 Å². The molecule has 1 aromatic carbocycles. The summed E-state index contributed by atoms with van der Waals surface area (Å²) in [6, 6.07) is 2.36. The van der Waals surface area contributed by atoms with E-state index in [0.717, 1.165) is 6.07 Å². The number of sulfonamides is 1. The van der Waals surface area contributed by atoms with Crippen LogP contribution in [0.5, 0.6) is 0 Å². The fourth-order valence-electron chi connectivity index (χ4n) is 2.66. The number of oxime groups is 1. The van der Waals surface area contributed by atoms with Crippen molar-refractivity contribution in [3.8, 4) is 0 Å². The van der Waals surface area contributed by atoms with Crippen molar-refractivity contribution in [1.82, 2.24) is 10.0 Å². The fourth-order valence-corrected chi connectivity index (χ4v) is 4.17. The first-order valence-electron chi connectivity index (χ1n) is 9.14. The van der Waals surface area contributed by atoms with Crippen molar-refractivity contribution in [3.05, 3.63) is 28.8 Å². The molecule has 0 fully saturated rings. The van der Waals surface area contributed by atoms with E-state index in [-0.39, 0.29) is 46.3 Å². The van der Waals surface area contributed by atoms with Crippen molar-refractivity contribution in [1.29, 1.82) is 0 Å². The van der Waals surface area contributed by atoms with Crippen LogP contribution < -0.4 is 10.0 Å². The van der Waals surface area contributed by atoms with Gasteiger partial charge < -0.3 is 10.2 Å². The lowest BCUT2D eigenvalue weighted by molar-refractivity contribution is -0.113. The number of halogens is 3. The summed E-state index contributed by atoms with van der Waals surface area (Å²) in [5, 5.41) is 5.94. The van der Waals surface area contributed by atoms with Gasteiger partial charge in [0.15, 0.2) is 5.71 Å². The highest BCUT2D eigenvalue weighted by Crippen LogP contribution is 2.29. The Morgan fingerprint density at radius 2 is 1.84 bits per heavy atom. The second kappa shape index (κ2) is 9.47. The molecule has 1 aliphatic heterocycles. The molecule has 2 rings (SSSR count). The van der Waals surface area contributed by atoms with E-state index in [9.17, 15) is 31.2 Å². The molecule has 0 saturated carbocycles. The highest BCUT2D eigenvalue weighted by Gasteiger charge is 2.34. The Balaban J connectivity index is 2.19. The third-order valence-corrected chi connectivity index (χ3v) is 6.81. The summed E-state index contributed by atoms with van der Waals surface area (Å²) in [4.78, 5) is 29.4. The first-order valence-corrected chi connectivity index (χ1v) is 11.6. The van der Waals surface area contributed by atoms with Gasteiger partial charge in [0, 0.05) is 23.8 Å². The van der Waals surface area contributed by atoms with Crippen molar-refractivity contribution in [2.75, 3.05) is 12.3 Å². The zero-order chi connectivity index (χ0) is 23.6. The van der Waals surface area contributed by atoms with Crippen molar-refractivity contribution in [3.63, 3.8) is 0 Å². The molecule has 0 spiro atoms. The Labute approximate surface area is 182 Å². The Bertz CT molecular complexity index is 1010. The zero-order valence-corrected chi connectivity index (χ0v) is 18.8. The normalized spacial score (nSPS) is 18.9. The summed E-state index contributed by atoms with van der Waals surface area (Å²) >= 11 is -0.275. The molecular formula is C18H22F3N3O5S2. The van der Waals surface area contributed by atoms with Gasteiger partial charge in [0.05, 0.1) is 4.90 Å². The summed E-state index contributed by atoms with van der Waals surface area (Å²) < 4.78 is 63.9. The number of nitrogens with one attached hydrogen (secondary N) is 2. The van der Waals surface area contributed by atoms with Crippen LogP contribution in [0.25, 0.3) is 0 Å². The van der Waals surface area contributed by atoms with Crippen LogP contribution in [0.1, 0.15) is 35.3 Å². The van der Waals surface area contributed by atoms with Gasteiger partial charge in [0.2, 0.25) is 0 Å². The van der Waals surface area contributed by atoms with E-state index in [1.165, 1.54) is 6.07 Å². The molecule has 0 aliphatic carbocycles. The van der Waals surface area contributed by atoms with Crippen molar-refractivity contribution in [2.45, 2.75) is 44.2 Å². The number of thioether (sulfide) groups is 1. The van der Waals surface area contributed by atoms with Gasteiger partial charge in [0.25, 0.3) is 21.8 Å². The summed E-state index contributed by atoms with van der Waals surface area (Å²) in [6.45, 7) is 6.25. The predicted octanol–water partition coefficient (Wildman–Crippen LogP) is 2.50. The lowest BCUT2D eigenvalue weighted by Crippen LogP contribution is -2.39. The molecule has 1 aromatic rings. The maximum absolute atomic E-state index is 12.7. The fraction of sp³-hybridized carbons (Fsp3) is 0.500. The monoisotopic (exact) mass is 481 g/mol. The minimum Gasteiger partial charge on any atom is -0.392 e. The quantitative estimate of drug-likeness (QED) is 0.579. The summed E-state index contributed by atoms with van der Waals surface area (Å²) in [6.07, 6.45) is -0.379. The van der Waals surface area contributed by atoms with Crippen molar-refractivity contribution in [2.24, 2.45) is 11.1 Å². The first-order chi connectivity index (χ1) is 14.2. The smallest absolute Gasteiger partial charge is 0.392 e. The number of benzene rings is 1. The molecule has 8 nitrogen and oxygen atoms in total. The number of hydrogen-bond acceptors (Lipinski definition) is 7. The zero-order valence-electron chi connectivity index (χ0n) is 17.2. The first kappa shape index (κ1) is 25.0. The molecule has 13 heteroatoms. The number of nitrogens with zero attached hydrogens (tertiary/aromatic N) is 1. The number of carbonyl (C=O) groups is 2. The van der Waals surface area contributed by atoms with Gasteiger partial charge in [-0.2, -0.15) is 13.2 Å². The molecule has 0 saturated heterocycles. The van der Waals surface area contributed by atoms with Crippen LogP contribution in [-0.4, -0.2) is 49.9 Å². The molecule has 0 radical (unpaired) electrons. The largest absolute Gasteiger partial charge is 0.441 e. The van der Waals surface area contributed by atoms with Crippen LogP contribution >= 0.6 is 11.8 Å². The predicted molar refractivity (Wildman–Crippen MR) is 109 cm³/mol. The Morgan fingerprint density at radius 3 is 2.39 bits per heavy atom. The molecule has 1 aliphatic rings. The van der Waals surface area contributed by atoms with Gasteiger partial charge in [0.1, 0.15) is 6.10 Å². The molecule has 1 heterocycles. The Morgan fingerprint density at radius 1 is 1.19 bits per heavy atom. The van der Waals surface area contributed by atoms with Gasteiger partial charge in [-0.25, -0.2) is 13.1 Å². The van der Waals surface area contributed by atoms with Crippen LogP contribution in [0.3, 0.4) is 0 Å². The minimum absolute atomic E-state index is 0.0200. The lowest BCUT2D eigenvalue weighted by Gasteiger charge is -2.14. The van der Waals surface area contributed by atoms with Crippen LogP contribution in [0.2, 0.25) is 0 Å². The Kier molecular flexibility index (Phi) is 7.63. The lowest BCUT2D eigenvalue weighted by atomic mass is 10.0. The van der Waals surface area contributed by atoms with E-state index in [4.69, 9.17) is 4.84 Å². The van der Waals surface area contributed by atoms with E-state index in [1.807, 2.05) is 4.72 Å². The van der Waals surface area contributed by atoms with Crippen molar-refractivity contribution >= 4 is 39.3 Å². The Hall–Kier alpha value is -2.28. The SMILES string of the molecule is Cc1cc(S(=O)(=O)NC(=O)C2=NO[C@@H](C)[C@@H]2C)cc(C(=O)NCCSC(F)(F)F)c1C. The summed E-state index contributed by atoms with van der Waals surface area (Å²) in [5.41, 5.74) is -3.59. The number of hydrogen-bond donors (Lipinski definition) is 2.